The minimum atomic E-state index is 0.172. The smallest absolute Gasteiger partial charge is 0.178 e. The van der Waals surface area contributed by atoms with E-state index in [1.54, 1.807) is 22.7 Å². The van der Waals surface area contributed by atoms with Crippen molar-refractivity contribution in [3.05, 3.63) is 66.8 Å². The summed E-state index contributed by atoms with van der Waals surface area (Å²) < 4.78 is 3.04. The molecule has 0 spiro atoms. The lowest BCUT2D eigenvalue weighted by molar-refractivity contribution is 0.0943. The normalized spacial score (nSPS) is 11.4. The Balaban J connectivity index is 1.64. The number of hydrogen-bond acceptors (Lipinski definition) is 4. The molecule has 0 aliphatic rings. The van der Waals surface area contributed by atoms with Crippen LogP contribution in [-0.2, 0) is 19.5 Å². The van der Waals surface area contributed by atoms with Crippen LogP contribution in [0.5, 0.6) is 0 Å². The minimum absolute atomic E-state index is 0.172. The molecular formula is C20H23ClN2OS2. The van der Waals surface area contributed by atoms with Gasteiger partial charge in [-0.15, -0.1) is 22.7 Å². The first-order chi connectivity index (χ1) is 12.4. The molecule has 0 unspecified atom stereocenters. The van der Waals surface area contributed by atoms with Gasteiger partial charge in [0.2, 0.25) is 0 Å². The number of carbonyl (C=O) groups excluding carboxylic acids is 1. The van der Waals surface area contributed by atoms with Crippen molar-refractivity contribution in [3.8, 4) is 0 Å². The number of ketones is 1. The maximum Gasteiger partial charge on any atom is 0.178 e. The molecule has 6 heteroatoms. The Morgan fingerprint density at radius 1 is 1.23 bits per heavy atom. The topological polar surface area (TPSA) is 25.2 Å². The molecule has 26 heavy (non-hydrogen) atoms. The van der Waals surface area contributed by atoms with Gasteiger partial charge in [0, 0.05) is 39.8 Å². The van der Waals surface area contributed by atoms with E-state index < -0.39 is 0 Å². The minimum Gasteiger partial charge on any atom is -0.348 e. The molecule has 0 atom stereocenters. The summed E-state index contributed by atoms with van der Waals surface area (Å²) in [5.74, 6) is 0.172. The van der Waals surface area contributed by atoms with E-state index in [2.05, 4.69) is 29.0 Å². The maximum absolute atomic E-state index is 12.8. The monoisotopic (exact) mass is 406 g/mol. The number of nitrogens with zero attached hydrogens (tertiary/aromatic N) is 2. The Kier molecular flexibility index (Phi) is 6.35. The first-order valence-electron chi connectivity index (χ1n) is 8.59. The van der Waals surface area contributed by atoms with Crippen LogP contribution in [0.4, 0.5) is 0 Å². The van der Waals surface area contributed by atoms with Gasteiger partial charge >= 0.3 is 0 Å². The number of thiophene rings is 2. The van der Waals surface area contributed by atoms with Crippen LogP contribution in [0, 0.1) is 13.8 Å². The molecule has 0 bridgehead atoms. The molecule has 0 amide bonds. The number of aromatic nitrogens is 1. The average molecular weight is 407 g/mol. The zero-order valence-corrected chi connectivity index (χ0v) is 17.7. The molecule has 3 nitrogen and oxygen atoms in total. The highest BCUT2D eigenvalue weighted by molar-refractivity contribution is 7.16. The van der Waals surface area contributed by atoms with Crippen LogP contribution in [0.3, 0.4) is 0 Å². The fourth-order valence-electron chi connectivity index (χ4n) is 3.19. The van der Waals surface area contributed by atoms with Gasteiger partial charge in [0.25, 0.3) is 0 Å². The second kappa shape index (κ2) is 8.53. The highest BCUT2D eigenvalue weighted by Crippen LogP contribution is 2.23. The lowest BCUT2D eigenvalue weighted by atomic mass is 10.1. The van der Waals surface area contributed by atoms with Crippen molar-refractivity contribution in [2.24, 2.45) is 0 Å². The summed E-state index contributed by atoms with van der Waals surface area (Å²) in [6.45, 7) is 6.18. The van der Waals surface area contributed by atoms with Crippen molar-refractivity contribution in [3.63, 3.8) is 0 Å². The third-order valence-corrected chi connectivity index (χ3v) is 6.66. The Hall–Kier alpha value is -1.40. The molecule has 0 aliphatic heterocycles. The van der Waals surface area contributed by atoms with Crippen molar-refractivity contribution < 1.29 is 4.79 Å². The Morgan fingerprint density at radius 2 is 2.04 bits per heavy atom. The lowest BCUT2D eigenvalue weighted by Gasteiger charge is -2.15. The number of likely N-dealkylation sites (N-methyl/N-ethyl adjacent to an activating group) is 1. The van der Waals surface area contributed by atoms with E-state index in [1.165, 1.54) is 9.75 Å². The van der Waals surface area contributed by atoms with Crippen LogP contribution < -0.4 is 0 Å². The number of carbonyl (C=O) groups is 1. The second-order valence-electron chi connectivity index (χ2n) is 6.57. The standard InChI is InChI=1S/C20H23ClN2OS2/c1-14-11-18(15(2)23(14)9-8-16-5-4-10-25-16)19(24)13-22(3)12-17-6-7-20(21)26-17/h4-7,10-11H,8-9,12-13H2,1-3H3. The van der Waals surface area contributed by atoms with E-state index in [-0.39, 0.29) is 5.78 Å². The first-order valence-corrected chi connectivity index (χ1v) is 10.7. The number of hydrogen-bond donors (Lipinski definition) is 0. The summed E-state index contributed by atoms with van der Waals surface area (Å²) in [5, 5.41) is 2.11. The second-order valence-corrected chi connectivity index (χ2v) is 9.40. The van der Waals surface area contributed by atoms with Crippen molar-refractivity contribution in [1.82, 2.24) is 9.47 Å². The average Bonchev–Trinajstić information content (AvgIpc) is 3.29. The van der Waals surface area contributed by atoms with E-state index in [9.17, 15) is 4.79 Å². The predicted octanol–water partition coefficient (Wildman–Crippen LogP) is 5.44. The highest BCUT2D eigenvalue weighted by atomic mass is 35.5. The largest absolute Gasteiger partial charge is 0.348 e. The van der Waals surface area contributed by atoms with Crippen LogP contribution in [0.1, 0.15) is 31.5 Å². The van der Waals surface area contributed by atoms with Gasteiger partial charge < -0.3 is 4.57 Å². The first kappa shape index (κ1) is 19.4. The van der Waals surface area contributed by atoms with Crippen LogP contribution in [0.2, 0.25) is 4.34 Å². The van der Waals surface area contributed by atoms with Crippen molar-refractivity contribution in [2.75, 3.05) is 13.6 Å². The van der Waals surface area contributed by atoms with Gasteiger partial charge in [0.15, 0.2) is 5.78 Å². The number of Topliss-reactive ketones (excluding diaryl/α,β-unsaturated/α-hetero) is 1. The van der Waals surface area contributed by atoms with Crippen LogP contribution in [0.15, 0.2) is 35.7 Å². The summed E-state index contributed by atoms with van der Waals surface area (Å²) in [4.78, 5) is 17.4. The Morgan fingerprint density at radius 3 is 2.69 bits per heavy atom. The molecule has 0 saturated heterocycles. The fraction of sp³-hybridized carbons (Fsp3) is 0.350. The molecule has 0 N–H and O–H groups in total. The molecule has 138 valence electrons. The van der Waals surface area contributed by atoms with Gasteiger partial charge in [-0.05, 0) is 57.0 Å². The summed E-state index contributed by atoms with van der Waals surface area (Å²) in [6, 6.07) is 10.2. The SMILES string of the molecule is Cc1cc(C(=O)CN(C)Cc2ccc(Cl)s2)c(C)n1CCc1cccs1. The summed E-state index contributed by atoms with van der Waals surface area (Å²) in [7, 11) is 1.97. The molecule has 3 rings (SSSR count). The van der Waals surface area contributed by atoms with E-state index >= 15 is 0 Å². The summed E-state index contributed by atoms with van der Waals surface area (Å²) >= 11 is 9.33. The zero-order chi connectivity index (χ0) is 18.7. The number of rotatable bonds is 8. The molecule has 0 saturated carbocycles. The highest BCUT2D eigenvalue weighted by Gasteiger charge is 2.17. The molecule has 3 aromatic rings. The van der Waals surface area contributed by atoms with Gasteiger partial charge in [-0.2, -0.15) is 0 Å². The van der Waals surface area contributed by atoms with Crippen LogP contribution >= 0.6 is 34.3 Å². The molecule has 3 aromatic heterocycles. The van der Waals surface area contributed by atoms with E-state index in [4.69, 9.17) is 11.6 Å². The summed E-state index contributed by atoms with van der Waals surface area (Å²) in [5.41, 5.74) is 3.05. The van der Waals surface area contributed by atoms with Crippen molar-refractivity contribution in [2.45, 2.75) is 33.4 Å². The van der Waals surface area contributed by atoms with Crippen molar-refractivity contribution >= 4 is 40.1 Å². The predicted molar refractivity (Wildman–Crippen MR) is 112 cm³/mol. The molecule has 0 aromatic carbocycles. The molecule has 3 heterocycles. The maximum atomic E-state index is 12.8. The van der Waals surface area contributed by atoms with Gasteiger partial charge in [-0.3, -0.25) is 9.69 Å². The third-order valence-electron chi connectivity index (χ3n) is 4.50. The molecular weight excluding hydrogens is 384 g/mol. The Labute approximate surface area is 167 Å². The van der Waals surface area contributed by atoms with E-state index in [1.807, 2.05) is 37.1 Å². The van der Waals surface area contributed by atoms with Gasteiger partial charge in [0.1, 0.15) is 0 Å². The van der Waals surface area contributed by atoms with Gasteiger partial charge in [-0.1, -0.05) is 17.7 Å². The summed E-state index contributed by atoms with van der Waals surface area (Å²) in [6.07, 6.45) is 1.00. The third kappa shape index (κ3) is 4.65. The zero-order valence-electron chi connectivity index (χ0n) is 15.3. The van der Waals surface area contributed by atoms with Crippen molar-refractivity contribution in [1.29, 1.82) is 0 Å². The van der Waals surface area contributed by atoms with Gasteiger partial charge in [-0.25, -0.2) is 0 Å². The number of aryl methyl sites for hydroxylation is 2. The number of halogens is 1. The quantitative estimate of drug-likeness (QED) is 0.465. The van der Waals surface area contributed by atoms with Gasteiger partial charge in [0.05, 0.1) is 10.9 Å². The molecule has 0 radical (unpaired) electrons. The molecule has 0 fully saturated rings. The van der Waals surface area contributed by atoms with Crippen LogP contribution in [0.25, 0.3) is 0 Å². The fourth-order valence-corrected chi connectivity index (χ4v) is 5.06. The lowest BCUT2D eigenvalue weighted by Crippen LogP contribution is -2.25. The van der Waals surface area contributed by atoms with E-state index in [0.717, 1.165) is 40.8 Å². The van der Waals surface area contributed by atoms with E-state index in [0.29, 0.717) is 6.54 Å². The van der Waals surface area contributed by atoms with Crippen LogP contribution in [-0.4, -0.2) is 28.8 Å². The Bertz CT molecular complexity index is 880. The molecule has 0 aliphatic carbocycles.